The molecule has 0 unspecified atom stereocenters. The topological polar surface area (TPSA) is 56.2 Å². The molecule has 4 rings (SSSR count). The number of fused-ring (bicyclic) bond motifs is 2. The van der Waals surface area contributed by atoms with E-state index in [1.165, 1.54) is 5.56 Å². The first-order valence-electron chi connectivity index (χ1n) is 9.14. The third-order valence-corrected chi connectivity index (χ3v) is 4.84. The van der Waals surface area contributed by atoms with Crippen LogP contribution < -0.4 is 10.1 Å². The Kier molecular flexibility index (Phi) is 4.61. The molecule has 5 nitrogen and oxygen atoms in total. The predicted octanol–water partition coefficient (Wildman–Crippen LogP) is 3.03. The number of imidazole rings is 1. The van der Waals surface area contributed by atoms with E-state index in [-0.39, 0.29) is 5.91 Å². The fourth-order valence-corrected chi connectivity index (χ4v) is 3.54. The van der Waals surface area contributed by atoms with Gasteiger partial charge in [0.15, 0.2) is 0 Å². The Balaban J connectivity index is 1.28. The van der Waals surface area contributed by atoms with E-state index in [1.807, 2.05) is 37.3 Å². The molecule has 0 atom stereocenters. The summed E-state index contributed by atoms with van der Waals surface area (Å²) in [4.78, 5) is 16.8. The van der Waals surface area contributed by atoms with Crippen molar-refractivity contribution in [3.05, 3.63) is 59.4 Å². The van der Waals surface area contributed by atoms with Crippen molar-refractivity contribution in [2.45, 2.75) is 32.7 Å². The molecule has 0 fully saturated rings. The summed E-state index contributed by atoms with van der Waals surface area (Å²) in [5.41, 5.74) is 4.42. The number of rotatable bonds is 6. The lowest BCUT2D eigenvalue weighted by Crippen LogP contribution is -2.26. The molecule has 1 aliphatic heterocycles. The highest BCUT2D eigenvalue weighted by Crippen LogP contribution is 2.26. The Bertz CT molecular complexity index is 946. The van der Waals surface area contributed by atoms with Crippen molar-refractivity contribution in [3.63, 3.8) is 0 Å². The first-order chi connectivity index (χ1) is 12.7. The van der Waals surface area contributed by atoms with E-state index < -0.39 is 0 Å². The van der Waals surface area contributed by atoms with Crippen molar-refractivity contribution in [3.8, 4) is 5.75 Å². The van der Waals surface area contributed by atoms with E-state index in [0.29, 0.717) is 13.0 Å². The summed E-state index contributed by atoms with van der Waals surface area (Å²) in [5.74, 6) is 2.03. The summed E-state index contributed by atoms with van der Waals surface area (Å²) in [6.45, 7) is 4.28. The Morgan fingerprint density at radius 3 is 3.08 bits per heavy atom. The number of carbonyl (C=O) groups excluding carboxylic acids is 1. The van der Waals surface area contributed by atoms with Gasteiger partial charge in [0.1, 0.15) is 11.6 Å². The average Bonchev–Trinajstić information content (AvgIpc) is 3.22. The van der Waals surface area contributed by atoms with Gasteiger partial charge in [-0.3, -0.25) is 4.79 Å². The number of hydrogen-bond acceptors (Lipinski definition) is 3. The Hall–Kier alpha value is -2.82. The van der Waals surface area contributed by atoms with Gasteiger partial charge in [-0.2, -0.15) is 0 Å². The maximum absolute atomic E-state index is 12.2. The van der Waals surface area contributed by atoms with Gasteiger partial charge >= 0.3 is 0 Å². The van der Waals surface area contributed by atoms with Gasteiger partial charge in [0.05, 0.1) is 24.1 Å². The number of aromatic nitrogens is 2. The molecule has 2 aromatic carbocycles. The minimum absolute atomic E-state index is 0.0658. The summed E-state index contributed by atoms with van der Waals surface area (Å²) in [7, 11) is 0. The lowest BCUT2D eigenvalue weighted by atomic mass is 10.1. The summed E-state index contributed by atoms with van der Waals surface area (Å²) in [5, 5.41) is 3.02. The molecule has 0 radical (unpaired) electrons. The van der Waals surface area contributed by atoms with E-state index in [2.05, 4.69) is 27.0 Å². The van der Waals surface area contributed by atoms with E-state index in [9.17, 15) is 4.79 Å². The highest BCUT2D eigenvalue weighted by molar-refractivity contribution is 5.78. The molecule has 3 aromatic rings. The number of carbonyl (C=O) groups is 1. The zero-order valence-corrected chi connectivity index (χ0v) is 15.0. The number of aryl methyl sites for hydroxylation is 2. The van der Waals surface area contributed by atoms with Crippen LogP contribution in [0.2, 0.25) is 0 Å². The van der Waals surface area contributed by atoms with Crippen LogP contribution in [0, 0.1) is 6.92 Å². The fourth-order valence-electron chi connectivity index (χ4n) is 3.54. The van der Waals surface area contributed by atoms with Gasteiger partial charge in [0, 0.05) is 19.5 Å². The fraction of sp³-hybridized carbons (Fsp3) is 0.333. The smallest absolute Gasteiger partial charge is 0.224 e. The molecule has 1 N–H and O–H groups in total. The molecule has 1 aromatic heterocycles. The van der Waals surface area contributed by atoms with Crippen molar-refractivity contribution in [2.75, 3.05) is 13.2 Å². The van der Waals surface area contributed by atoms with Crippen LogP contribution in [-0.2, 0) is 24.2 Å². The molecule has 2 heterocycles. The first-order valence-corrected chi connectivity index (χ1v) is 9.14. The summed E-state index contributed by atoms with van der Waals surface area (Å²) in [6.07, 6.45) is 2.23. The van der Waals surface area contributed by atoms with Crippen LogP contribution in [-0.4, -0.2) is 28.6 Å². The molecule has 1 aliphatic rings. The maximum Gasteiger partial charge on any atom is 0.224 e. The van der Waals surface area contributed by atoms with E-state index in [0.717, 1.165) is 54.2 Å². The number of para-hydroxylation sites is 2. The predicted molar refractivity (Wildman–Crippen MR) is 101 cm³/mol. The largest absolute Gasteiger partial charge is 0.493 e. The normalized spacial score (nSPS) is 12.8. The molecular weight excluding hydrogens is 326 g/mol. The van der Waals surface area contributed by atoms with Crippen LogP contribution in [0.3, 0.4) is 0 Å². The standard InChI is InChI=1S/C21H23N3O2/c1-15-23-18-5-2-3-6-19(18)24(15)11-4-10-22-21(25)14-16-7-8-20-17(13-16)9-12-26-20/h2-3,5-8,13H,4,9-12,14H2,1H3,(H,22,25). The number of hydrogen-bond donors (Lipinski definition) is 1. The van der Waals surface area contributed by atoms with Crippen molar-refractivity contribution in [2.24, 2.45) is 0 Å². The second-order valence-electron chi connectivity index (χ2n) is 6.72. The minimum Gasteiger partial charge on any atom is -0.493 e. The zero-order chi connectivity index (χ0) is 17.9. The molecule has 0 spiro atoms. The summed E-state index contributed by atoms with van der Waals surface area (Å²) < 4.78 is 7.72. The minimum atomic E-state index is 0.0658. The number of nitrogens with one attached hydrogen (secondary N) is 1. The maximum atomic E-state index is 12.2. The molecule has 5 heteroatoms. The van der Waals surface area contributed by atoms with Crippen LogP contribution >= 0.6 is 0 Å². The molecule has 0 bridgehead atoms. The summed E-state index contributed by atoms with van der Waals surface area (Å²) >= 11 is 0. The van der Waals surface area contributed by atoms with E-state index in [4.69, 9.17) is 4.74 Å². The highest BCUT2D eigenvalue weighted by Gasteiger charge is 2.13. The SMILES string of the molecule is Cc1nc2ccccc2n1CCCNC(=O)Cc1ccc2c(c1)CCO2. The molecule has 26 heavy (non-hydrogen) atoms. The van der Waals surface area contributed by atoms with Crippen molar-refractivity contribution in [1.29, 1.82) is 0 Å². The number of nitrogens with zero attached hydrogens (tertiary/aromatic N) is 2. The van der Waals surface area contributed by atoms with Gasteiger partial charge in [-0.25, -0.2) is 4.98 Å². The molecule has 1 amide bonds. The monoisotopic (exact) mass is 349 g/mol. The molecule has 0 saturated carbocycles. The Morgan fingerprint density at radius 1 is 1.27 bits per heavy atom. The second kappa shape index (κ2) is 7.20. The molecule has 0 aliphatic carbocycles. The molecule has 134 valence electrons. The number of amides is 1. The third kappa shape index (κ3) is 3.43. The molecular formula is C21H23N3O2. The van der Waals surface area contributed by atoms with Gasteiger partial charge < -0.3 is 14.6 Å². The Labute approximate surface area is 153 Å². The van der Waals surface area contributed by atoms with Crippen molar-refractivity contribution in [1.82, 2.24) is 14.9 Å². The van der Waals surface area contributed by atoms with Gasteiger partial charge in [-0.1, -0.05) is 24.3 Å². The second-order valence-corrected chi connectivity index (χ2v) is 6.72. The van der Waals surface area contributed by atoms with Gasteiger partial charge in [0.2, 0.25) is 5.91 Å². The van der Waals surface area contributed by atoms with E-state index >= 15 is 0 Å². The van der Waals surface area contributed by atoms with E-state index in [1.54, 1.807) is 0 Å². The number of ether oxygens (including phenoxy) is 1. The number of benzene rings is 2. The van der Waals surface area contributed by atoms with Gasteiger partial charge in [-0.15, -0.1) is 0 Å². The quantitative estimate of drug-likeness (QED) is 0.696. The molecule has 0 saturated heterocycles. The lowest BCUT2D eigenvalue weighted by Gasteiger charge is -2.09. The first kappa shape index (κ1) is 16.6. The lowest BCUT2D eigenvalue weighted by molar-refractivity contribution is -0.120. The van der Waals surface area contributed by atoms with Crippen LogP contribution in [0.25, 0.3) is 11.0 Å². The van der Waals surface area contributed by atoms with Crippen LogP contribution in [0.15, 0.2) is 42.5 Å². The average molecular weight is 349 g/mol. The van der Waals surface area contributed by atoms with Crippen molar-refractivity contribution < 1.29 is 9.53 Å². The van der Waals surface area contributed by atoms with Crippen LogP contribution in [0.1, 0.15) is 23.4 Å². The van der Waals surface area contributed by atoms with Crippen LogP contribution in [0.4, 0.5) is 0 Å². The Morgan fingerprint density at radius 2 is 2.15 bits per heavy atom. The highest BCUT2D eigenvalue weighted by atomic mass is 16.5. The van der Waals surface area contributed by atoms with Gasteiger partial charge in [-0.05, 0) is 42.7 Å². The van der Waals surface area contributed by atoms with Crippen molar-refractivity contribution >= 4 is 16.9 Å². The van der Waals surface area contributed by atoms with Crippen LogP contribution in [0.5, 0.6) is 5.75 Å². The third-order valence-electron chi connectivity index (χ3n) is 4.84. The summed E-state index contributed by atoms with van der Waals surface area (Å²) in [6, 6.07) is 14.2. The van der Waals surface area contributed by atoms with Gasteiger partial charge in [0.25, 0.3) is 0 Å². The zero-order valence-electron chi connectivity index (χ0n) is 15.0.